The van der Waals surface area contributed by atoms with Crippen LogP contribution < -0.4 is 0 Å². The summed E-state index contributed by atoms with van der Waals surface area (Å²) in [7, 11) is 0. The van der Waals surface area contributed by atoms with E-state index < -0.39 is 11.1 Å². The number of hydrogen-bond acceptors (Lipinski definition) is 7. The van der Waals surface area contributed by atoms with E-state index in [1.54, 1.807) is 0 Å². The first kappa shape index (κ1) is 11.5. The van der Waals surface area contributed by atoms with Crippen molar-refractivity contribution in [2.75, 3.05) is 0 Å². The van der Waals surface area contributed by atoms with Gasteiger partial charge in [-0.05, 0) is 33.1 Å². The van der Waals surface area contributed by atoms with Crippen LogP contribution in [0.15, 0.2) is 20.8 Å². The number of nitrogens with zero attached hydrogens (tertiary/aromatic N) is 4. The van der Waals surface area contributed by atoms with Gasteiger partial charge in [0.1, 0.15) is 11.1 Å². The molecule has 0 aromatic carbocycles. The van der Waals surface area contributed by atoms with Gasteiger partial charge in [0.05, 0.1) is 0 Å². The SMILES string of the molecule is C[C@]1(N=N[O-])CCC[C@](C)(N=N[O-])C1=O. The first-order valence-electron chi connectivity index (χ1n) is 4.62. The largest absolute Gasteiger partial charge is 0.775 e. The minimum Gasteiger partial charge on any atom is -0.775 e. The Morgan fingerprint density at radius 2 is 1.47 bits per heavy atom. The Hall–Kier alpha value is -1.53. The maximum atomic E-state index is 12.0. The van der Waals surface area contributed by atoms with Crippen molar-refractivity contribution in [2.45, 2.75) is 44.2 Å². The van der Waals surface area contributed by atoms with Crippen molar-refractivity contribution in [1.29, 1.82) is 0 Å². The molecule has 7 heteroatoms. The van der Waals surface area contributed by atoms with Crippen LogP contribution in [0.1, 0.15) is 33.1 Å². The Morgan fingerprint density at radius 3 is 1.80 bits per heavy atom. The van der Waals surface area contributed by atoms with E-state index in [0.29, 0.717) is 19.3 Å². The fraction of sp³-hybridized carbons (Fsp3) is 0.875. The molecule has 0 unspecified atom stereocenters. The maximum absolute atomic E-state index is 12.0. The van der Waals surface area contributed by atoms with Crippen LogP contribution in [0, 0.1) is 10.4 Å². The third-order valence-electron chi connectivity index (χ3n) is 2.83. The number of carbonyl (C=O) groups is 1. The van der Waals surface area contributed by atoms with Gasteiger partial charge < -0.3 is 10.4 Å². The van der Waals surface area contributed by atoms with Gasteiger partial charge in [-0.2, -0.15) is 10.2 Å². The van der Waals surface area contributed by atoms with Crippen molar-refractivity contribution in [3.63, 3.8) is 0 Å². The molecule has 0 aromatic heterocycles. The molecular formula is C8H12N4O3-2. The van der Waals surface area contributed by atoms with Crippen molar-refractivity contribution in [2.24, 2.45) is 20.8 Å². The number of rotatable bonds is 2. The third kappa shape index (κ3) is 1.95. The molecule has 1 saturated carbocycles. The zero-order valence-corrected chi connectivity index (χ0v) is 8.63. The van der Waals surface area contributed by atoms with Gasteiger partial charge in [-0.3, -0.25) is 4.79 Å². The predicted octanol–water partition coefficient (Wildman–Crippen LogP) is 2.16. The van der Waals surface area contributed by atoms with Gasteiger partial charge in [0.15, 0.2) is 5.78 Å². The maximum Gasteiger partial charge on any atom is 0.190 e. The van der Waals surface area contributed by atoms with Crippen molar-refractivity contribution in [1.82, 2.24) is 0 Å². The second-order valence-electron chi connectivity index (χ2n) is 4.09. The topological polar surface area (TPSA) is 113 Å². The number of Topliss-reactive ketones (excluding diaryl/α,β-unsaturated/α-hetero) is 1. The van der Waals surface area contributed by atoms with Crippen LogP contribution in [-0.2, 0) is 4.79 Å². The van der Waals surface area contributed by atoms with Crippen molar-refractivity contribution < 1.29 is 4.79 Å². The first-order chi connectivity index (χ1) is 6.98. The smallest absolute Gasteiger partial charge is 0.190 e. The summed E-state index contributed by atoms with van der Waals surface area (Å²) in [6, 6.07) is 0. The molecule has 2 atom stereocenters. The number of hydrogen-bond donors (Lipinski definition) is 0. The van der Waals surface area contributed by atoms with E-state index in [1.807, 2.05) is 0 Å². The molecule has 0 heterocycles. The molecule has 0 bridgehead atoms. The number of carbonyl (C=O) groups excluding carboxylic acids is 1. The Morgan fingerprint density at radius 1 is 1.07 bits per heavy atom. The molecule has 1 rings (SSSR count). The summed E-state index contributed by atoms with van der Waals surface area (Å²) in [6.07, 6.45) is 1.54. The first-order valence-corrected chi connectivity index (χ1v) is 4.62. The van der Waals surface area contributed by atoms with Gasteiger partial charge in [0.25, 0.3) is 0 Å². The molecule has 0 aliphatic heterocycles. The minimum absolute atomic E-state index is 0.375. The normalized spacial score (nSPS) is 37.9. The molecule has 7 nitrogen and oxygen atoms in total. The summed E-state index contributed by atoms with van der Waals surface area (Å²) in [6.45, 7) is 3.04. The lowest BCUT2D eigenvalue weighted by Gasteiger charge is -2.36. The van der Waals surface area contributed by atoms with Crippen LogP contribution in [0.5, 0.6) is 0 Å². The van der Waals surface area contributed by atoms with E-state index in [1.165, 1.54) is 13.8 Å². The minimum atomic E-state index is -1.16. The van der Waals surface area contributed by atoms with E-state index in [0.717, 1.165) is 0 Å². The van der Waals surface area contributed by atoms with E-state index in [2.05, 4.69) is 20.8 Å². The van der Waals surface area contributed by atoms with E-state index in [9.17, 15) is 15.2 Å². The molecule has 0 radical (unpaired) electrons. The Kier molecular flexibility index (Phi) is 3.01. The third-order valence-corrected chi connectivity index (χ3v) is 2.83. The molecule has 1 fully saturated rings. The molecule has 0 spiro atoms. The predicted molar refractivity (Wildman–Crippen MR) is 52.1 cm³/mol. The average molecular weight is 212 g/mol. The fourth-order valence-electron chi connectivity index (χ4n) is 1.96. The van der Waals surface area contributed by atoms with Crippen LogP contribution in [-0.4, -0.2) is 16.9 Å². The quantitative estimate of drug-likeness (QED) is 0.516. The van der Waals surface area contributed by atoms with Gasteiger partial charge in [-0.25, -0.2) is 10.6 Å². The molecule has 0 amide bonds. The highest BCUT2D eigenvalue weighted by atomic mass is 16.5. The fourth-order valence-corrected chi connectivity index (χ4v) is 1.96. The highest BCUT2D eigenvalue weighted by molar-refractivity contribution is 5.96. The van der Waals surface area contributed by atoms with E-state index >= 15 is 0 Å². The van der Waals surface area contributed by atoms with Crippen molar-refractivity contribution in [3.8, 4) is 0 Å². The summed E-state index contributed by atoms with van der Waals surface area (Å²) in [5.74, 6) is -0.375. The second kappa shape index (κ2) is 3.92. The molecule has 15 heavy (non-hydrogen) atoms. The van der Waals surface area contributed by atoms with E-state index in [4.69, 9.17) is 0 Å². The Bertz CT molecular complexity index is 289. The number of ketones is 1. The Labute approximate surface area is 86.8 Å². The Balaban J connectivity index is 3.03. The van der Waals surface area contributed by atoms with Crippen LogP contribution in [0.25, 0.3) is 0 Å². The lowest BCUT2D eigenvalue weighted by atomic mass is 9.72. The molecule has 0 N–H and O–H groups in total. The van der Waals surface area contributed by atoms with Crippen LogP contribution in [0.2, 0.25) is 0 Å². The summed E-state index contributed by atoms with van der Waals surface area (Å²) >= 11 is 0. The van der Waals surface area contributed by atoms with Crippen molar-refractivity contribution in [3.05, 3.63) is 10.4 Å². The van der Waals surface area contributed by atoms with E-state index in [-0.39, 0.29) is 5.78 Å². The monoisotopic (exact) mass is 212 g/mol. The average Bonchev–Trinajstić information content (AvgIpc) is 2.15. The highest BCUT2D eigenvalue weighted by Gasteiger charge is 2.49. The van der Waals surface area contributed by atoms with Crippen LogP contribution >= 0.6 is 0 Å². The van der Waals surface area contributed by atoms with Gasteiger partial charge in [0, 0.05) is 0 Å². The summed E-state index contributed by atoms with van der Waals surface area (Å²) in [5.41, 5.74) is -2.33. The van der Waals surface area contributed by atoms with Gasteiger partial charge in [-0.15, -0.1) is 0 Å². The van der Waals surface area contributed by atoms with Crippen molar-refractivity contribution >= 4 is 5.78 Å². The summed E-state index contributed by atoms with van der Waals surface area (Å²) in [5, 5.41) is 31.8. The van der Waals surface area contributed by atoms with Gasteiger partial charge in [0.2, 0.25) is 0 Å². The van der Waals surface area contributed by atoms with Crippen LogP contribution in [0.4, 0.5) is 0 Å². The second-order valence-corrected chi connectivity index (χ2v) is 4.09. The molecule has 1 aliphatic carbocycles. The van der Waals surface area contributed by atoms with Gasteiger partial charge >= 0.3 is 0 Å². The highest BCUT2D eigenvalue weighted by Crippen LogP contribution is 2.37. The lowest BCUT2D eigenvalue weighted by Crippen LogP contribution is -2.50. The zero-order valence-electron chi connectivity index (χ0n) is 8.63. The lowest BCUT2D eigenvalue weighted by molar-refractivity contribution is -0.131. The van der Waals surface area contributed by atoms with Gasteiger partial charge in [-0.1, -0.05) is 0 Å². The zero-order chi connectivity index (χ0) is 11.5. The summed E-state index contributed by atoms with van der Waals surface area (Å²) < 4.78 is 0. The molecule has 84 valence electrons. The molecule has 0 aromatic rings. The summed E-state index contributed by atoms with van der Waals surface area (Å²) in [4.78, 5) is 12.0. The van der Waals surface area contributed by atoms with Crippen LogP contribution in [0.3, 0.4) is 0 Å². The standard InChI is InChI=1S/C8H14N4O3/c1-7(9-11-14)4-3-5-8(2,6(7)13)10-12-15/h3-5H2,1-2H3,(H,9,14)(H,10,15)/p-2/t7-,8-/m0/s1. The molecule has 1 aliphatic rings. The molecular weight excluding hydrogens is 200 g/mol. The molecule has 0 saturated heterocycles.